The van der Waals surface area contributed by atoms with Crippen molar-refractivity contribution in [1.82, 2.24) is 15.2 Å². The Labute approximate surface area is 127 Å². The summed E-state index contributed by atoms with van der Waals surface area (Å²) in [5, 5.41) is 18.3. The quantitative estimate of drug-likeness (QED) is 0.515. The third kappa shape index (κ3) is 3.72. The zero-order valence-electron chi connectivity index (χ0n) is 10.9. The second kappa shape index (κ2) is 6.27. The van der Waals surface area contributed by atoms with Crippen LogP contribution < -0.4 is 5.43 Å². The van der Waals surface area contributed by atoms with E-state index in [-0.39, 0.29) is 11.4 Å². The van der Waals surface area contributed by atoms with E-state index >= 15 is 0 Å². The van der Waals surface area contributed by atoms with Gasteiger partial charge in [0.2, 0.25) is 0 Å². The van der Waals surface area contributed by atoms with Gasteiger partial charge in [0.1, 0.15) is 0 Å². The molecule has 1 aromatic carbocycles. The van der Waals surface area contributed by atoms with Gasteiger partial charge in [-0.3, -0.25) is 19.6 Å². The van der Waals surface area contributed by atoms with Gasteiger partial charge >= 0.3 is 0 Å². The zero-order chi connectivity index (χ0) is 15.4. The van der Waals surface area contributed by atoms with Crippen LogP contribution in [0.2, 0.25) is 0 Å². The average Bonchev–Trinajstić information content (AvgIpc) is 2.78. The van der Waals surface area contributed by atoms with E-state index in [1.165, 1.54) is 35.2 Å². The van der Waals surface area contributed by atoms with E-state index in [0.29, 0.717) is 10.0 Å². The van der Waals surface area contributed by atoms with Crippen molar-refractivity contribution in [2.75, 3.05) is 0 Å². The second-order valence-electron chi connectivity index (χ2n) is 4.05. The highest BCUT2D eigenvalue weighted by Gasteiger charge is 2.13. The number of hydrogen-bond donors (Lipinski definition) is 1. The Kier molecular flexibility index (Phi) is 4.43. The number of aromatic nitrogens is 2. The van der Waals surface area contributed by atoms with Gasteiger partial charge in [0.15, 0.2) is 5.69 Å². The van der Waals surface area contributed by atoms with Crippen LogP contribution in [-0.4, -0.2) is 26.8 Å². The van der Waals surface area contributed by atoms with Crippen molar-refractivity contribution in [2.45, 2.75) is 0 Å². The molecule has 0 aliphatic heterocycles. The number of non-ortho nitro benzene ring substituents is 1. The number of nitrogens with one attached hydrogen (secondary N) is 1. The fraction of sp³-hybridized carbons (Fsp3) is 0.0833. The average molecular weight is 352 g/mol. The van der Waals surface area contributed by atoms with Crippen molar-refractivity contribution in [2.24, 2.45) is 12.1 Å². The second-order valence-corrected chi connectivity index (χ2v) is 4.90. The number of hydrazone groups is 1. The molecule has 108 valence electrons. The molecule has 8 nitrogen and oxygen atoms in total. The molecule has 0 radical (unpaired) electrons. The van der Waals surface area contributed by atoms with Gasteiger partial charge in [-0.05, 0) is 33.6 Å². The Hall–Kier alpha value is -2.55. The molecule has 1 N–H and O–H groups in total. The largest absolute Gasteiger partial charge is 0.293 e. The first kappa shape index (κ1) is 14.9. The zero-order valence-corrected chi connectivity index (χ0v) is 12.4. The molecule has 2 aromatic rings. The lowest BCUT2D eigenvalue weighted by Gasteiger charge is -1.96. The van der Waals surface area contributed by atoms with Crippen molar-refractivity contribution < 1.29 is 9.72 Å². The molecule has 0 saturated carbocycles. The summed E-state index contributed by atoms with van der Waals surface area (Å²) < 4.78 is 2.06. The molecule has 1 amide bonds. The van der Waals surface area contributed by atoms with Gasteiger partial charge in [-0.1, -0.05) is 0 Å². The Morgan fingerprint density at radius 1 is 1.48 bits per heavy atom. The van der Waals surface area contributed by atoms with Crippen LogP contribution in [0.5, 0.6) is 0 Å². The van der Waals surface area contributed by atoms with Crippen LogP contribution >= 0.6 is 15.9 Å². The number of carbonyl (C=O) groups excluding carboxylic acids is 1. The molecule has 1 heterocycles. The van der Waals surface area contributed by atoms with Gasteiger partial charge in [-0.25, -0.2) is 5.43 Å². The summed E-state index contributed by atoms with van der Waals surface area (Å²) in [6.45, 7) is 0. The minimum Gasteiger partial charge on any atom is -0.274 e. The van der Waals surface area contributed by atoms with Crippen molar-refractivity contribution in [3.8, 4) is 0 Å². The fourth-order valence-corrected chi connectivity index (χ4v) is 2.07. The van der Waals surface area contributed by atoms with Crippen LogP contribution in [0.3, 0.4) is 0 Å². The van der Waals surface area contributed by atoms with Crippen molar-refractivity contribution in [3.05, 3.63) is 56.3 Å². The highest BCUT2D eigenvalue weighted by Crippen LogP contribution is 2.14. The molecule has 0 bridgehead atoms. The number of amides is 1. The standard InChI is InChI=1S/C12H10BrN5O3/c1-17-7-10(13)11(16-17)12(19)15-14-6-8-2-4-9(5-3-8)18(20)21/h2-7H,1H3,(H,15,19)/b14-6+. The Balaban J connectivity index is 2.00. The molecule has 0 fully saturated rings. The minimum absolute atomic E-state index is 0.00592. The first-order valence-electron chi connectivity index (χ1n) is 5.74. The van der Waals surface area contributed by atoms with E-state index < -0.39 is 10.8 Å². The number of hydrogen-bond acceptors (Lipinski definition) is 5. The van der Waals surface area contributed by atoms with E-state index in [0.717, 1.165) is 0 Å². The molecule has 2 rings (SSSR count). The molecular weight excluding hydrogens is 342 g/mol. The Morgan fingerprint density at radius 3 is 2.67 bits per heavy atom. The first-order valence-corrected chi connectivity index (χ1v) is 6.53. The number of benzene rings is 1. The Morgan fingerprint density at radius 2 is 2.14 bits per heavy atom. The van der Waals surface area contributed by atoms with E-state index in [9.17, 15) is 14.9 Å². The smallest absolute Gasteiger partial charge is 0.274 e. The summed E-state index contributed by atoms with van der Waals surface area (Å²) in [5.41, 5.74) is 3.17. The lowest BCUT2D eigenvalue weighted by molar-refractivity contribution is -0.384. The van der Waals surface area contributed by atoms with Crippen LogP contribution in [0.15, 0.2) is 40.0 Å². The summed E-state index contributed by atoms with van der Waals surface area (Å²) in [6, 6.07) is 5.78. The predicted octanol–water partition coefficient (Wildman–Crippen LogP) is 1.85. The molecule has 0 atom stereocenters. The number of nitrogens with zero attached hydrogens (tertiary/aromatic N) is 4. The predicted molar refractivity (Wildman–Crippen MR) is 79.1 cm³/mol. The molecule has 0 aliphatic rings. The van der Waals surface area contributed by atoms with Crippen molar-refractivity contribution in [1.29, 1.82) is 0 Å². The number of aryl methyl sites for hydroxylation is 1. The SMILES string of the molecule is Cn1cc(Br)c(C(=O)N/N=C/c2ccc([N+](=O)[O-])cc2)n1. The Bertz CT molecular complexity index is 708. The summed E-state index contributed by atoms with van der Waals surface area (Å²) in [6.07, 6.45) is 3.04. The minimum atomic E-state index is -0.485. The van der Waals surface area contributed by atoms with Crippen LogP contribution in [0, 0.1) is 10.1 Å². The van der Waals surface area contributed by atoms with Gasteiger partial charge in [-0.2, -0.15) is 10.2 Å². The van der Waals surface area contributed by atoms with Crippen molar-refractivity contribution in [3.63, 3.8) is 0 Å². The van der Waals surface area contributed by atoms with E-state index in [1.54, 1.807) is 13.2 Å². The molecule has 1 aromatic heterocycles. The number of nitro groups is 1. The first-order chi connectivity index (χ1) is 9.97. The molecule has 21 heavy (non-hydrogen) atoms. The summed E-state index contributed by atoms with van der Waals surface area (Å²) in [5.74, 6) is -0.458. The van der Waals surface area contributed by atoms with Crippen LogP contribution in [0.4, 0.5) is 5.69 Å². The third-order valence-electron chi connectivity index (χ3n) is 2.48. The van der Waals surface area contributed by atoms with Gasteiger partial charge in [-0.15, -0.1) is 0 Å². The van der Waals surface area contributed by atoms with E-state index in [2.05, 4.69) is 31.6 Å². The van der Waals surface area contributed by atoms with Crippen LogP contribution in [0.1, 0.15) is 16.1 Å². The topological polar surface area (TPSA) is 102 Å². The van der Waals surface area contributed by atoms with Crippen LogP contribution in [-0.2, 0) is 7.05 Å². The number of rotatable bonds is 4. The summed E-state index contributed by atoms with van der Waals surface area (Å²) in [7, 11) is 1.70. The number of carbonyl (C=O) groups is 1. The summed E-state index contributed by atoms with van der Waals surface area (Å²) in [4.78, 5) is 21.8. The maximum absolute atomic E-state index is 11.8. The summed E-state index contributed by atoms with van der Waals surface area (Å²) >= 11 is 3.22. The molecular formula is C12H10BrN5O3. The molecule has 0 unspecified atom stereocenters. The van der Waals surface area contributed by atoms with E-state index in [1.807, 2.05) is 0 Å². The monoisotopic (exact) mass is 351 g/mol. The third-order valence-corrected chi connectivity index (χ3v) is 3.06. The highest BCUT2D eigenvalue weighted by atomic mass is 79.9. The lowest BCUT2D eigenvalue weighted by Crippen LogP contribution is -2.18. The van der Waals surface area contributed by atoms with E-state index in [4.69, 9.17) is 0 Å². The normalized spacial score (nSPS) is 10.8. The van der Waals surface area contributed by atoms with Gasteiger partial charge < -0.3 is 0 Å². The fourth-order valence-electron chi connectivity index (χ4n) is 1.51. The maximum atomic E-state index is 11.8. The van der Waals surface area contributed by atoms with Crippen molar-refractivity contribution >= 4 is 33.7 Å². The van der Waals surface area contributed by atoms with Crippen LogP contribution in [0.25, 0.3) is 0 Å². The molecule has 0 spiro atoms. The maximum Gasteiger partial charge on any atom is 0.293 e. The molecule has 0 aliphatic carbocycles. The van der Waals surface area contributed by atoms with Gasteiger partial charge in [0.25, 0.3) is 11.6 Å². The number of nitro benzene ring substituents is 1. The highest BCUT2D eigenvalue weighted by molar-refractivity contribution is 9.10. The lowest BCUT2D eigenvalue weighted by atomic mass is 10.2. The number of halogens is 1. The molecule has 9 heteroatoms. The molecule has 0 saturated heterocycles. The van der Waals surface area contributed by atoms with Gasteiger partial charge in [0.05, 0.1) is 15.6 Å². The van der Waals surface area contributed by atoms with Gasteiger partial charge in [0, 0.05) is 25.4 Å².